The summed E-state index contributed by atoms with van der Waals surface area (Å²) in [4.78, 5) is 30.1. The van der Waals surface area contributed by atoms with Crippen LogP contribution in [0.3, 0.4) is 0 Å². The van der Waals surface area contributed by atoms with E-state index < -0.39 is 11.9 Å². The molecule has 5 aromatic rings. The second kappa shape index (κ2) is 14.7. The molecule has 3 aromatic carbocycles. The Morgan fingerprint density at radius 1 is 1.02 bits per heavy atom. The van der Waals surface area contributed by atoms with Gasteiger partial charge in [0.25, 0.3) is 5.91 Å². The van der Waals surface area contributed by atoms with E-state index in [0.717, 1.165) is 57.4 Å². The molecular formula is C32H33BrN8O3. The fourth-order valence-electron chi connectivity index (χ4n) is 5.06. The first-order valence-electron chi connectivity index (χ1n) is 14.4. The van der Waals surface area contributed by atoms with Crippen LogP contribution in [0.15, 0.2) is 83.5 Å². The molecule has 2 aromatic heterocycles. The Morgan fingerprint density at radius 3 is 2.48 bits per heavy atom. The highest BCUT2D eigenvalue weighted by Gasteiger charge is 2.22. The van der Waals surface area contributed by atoms with Crippen LogP contribution in [0.25, 0.3) is 22.5 Å². The molecule has 2 heterocycles. The van der Waals surface area contributed by atoms with E-state index >= 15 is 0 Å². The highest BCUT2D eigenvalue weighted by molar-refractivity contribution is 9.10. The van der Waals surface area contributed by atoms with Gasteiger partial charge in [-0.25, -0.2) is 10.5 Å². The summed E-state index contributed by atoms with van der Waals surface area (Å²) in [7, 11) is 0. The molecule has 0 saturated carbocycles. The largest absolute Gasteiger partial charge is 0.347 e. The van der Waals surface area contributed by atoms with Gasteiger partial charge in [-0.1, -0.05) is 96.0 Å². The molecule has 2 amide bonds. The number of carbonyl (C=O) groups is 2. The first-order valence-corrected chi connectivity index (χ1v) is 15.2. The summed E-state index contributed by atoms with van der Waals surface area (Å²) in [5.41, 5.74) is 6.84. The number of halogens is 1. The Balaban J connectivity index is 1.35. The molecule has 4 N–H and O–H groups in total. The van der Waals surface area contributed by atoms with Crippen molar-refractivity contribution < 1.29 is 14.8 Å². The number of rotatable bonds is 13. The monoisotopic (exact) mass is 656 g/mol. The molecule has 0 aliphatic carbocycles. The molecule has 0 saturated heterocycles. The maximum absolute atomic E-state index is 13.4. The highest BCUT2D eigenvalue weighted by atomic mass is 79.9. The molecular weight excluding hydrogens is 624 g/mol. The average molecular weight is 658 g/mol. The zero-order valence-electron chi connectivity index (χ0n) is 24.2. The van der Waals surface area contributed by atoms with Gasteiger partial charge in [-0.2, -0.15) is 5.21 Å². The van der Waals surface area contributed by atoms with Crippen molar-refractivity contribution in [3.05, 3.63) is 106 Å². The smallest absolute Gasteiger partial charge is 0.271 e. The molecule has 0 spiro atoms. The van der Waals surface area contributed by atoms with Crippen LogP contribution in [0.1, 0.15) is 53.6 Å². The predicted molar refractivity (Wildman–Crippen MR) is 169 cm³/mol. The molecule has 1 atom stereocenters. The van der Waals surface area contributed by atoms with Crippen LogP contribution in [-0.2, 0) is 24.2 Å². The number of nitrogens with zero attached hydrogens (tertiary/aromatic N) is 5. The number of carbonyl (C=O) groups excluding carboxylic acids is 2. The van der Waals surface area contributed by atoms with Crippen molar-refractivity contribution in [2.75, 3.05) is 0 Å². The van der Waals surface area contributed by atoms with Crippen molar-refractivity contribution in [1.82, 2.24) is 41.0 Å². The molecule has 0 aliphatic rings. The molecule has 226 valence electrons. The topological polar surface area (TPSA) is 151 Å². The van der Waals surface area contributed by atoms with Crippen LogP contribution in [0, 0.1) is 0 Å². The lowest BCUT2D eigenvalue weighted by atomic mass is 9.98. The van der Waals surface area contributed by atoms with E-state index in [1.54, 1.807) is 11.7 Å². The third-order valence-corrected chi connectivity index (χ3v) is 8.07. The van der Waals surface area contributed by atoms with Gasteiger partial charge < -0.3 is 9.88 Å². The normalized spacial score (nSPS) is 11.7. The maximum atomic E-state index is 13.4. The van der Waals surface area contributed by atoms with Gasteiger partial charge in [-0.05, 0) is 46.4 Å². The fraction of sp³-hybridized carbons (Fsp3) is 0.250. The van der Waals surface area contributed by atoms with Gasteiger partial charge >= 0.3 is 0 Å². The Bertz CT molecular complexity index is 1700. The van der Waals surface area contributed by atoms with Crippen LogP contribution >= 0.6 is 15.9 Å². The maximum Gasteiger partial charge on any atom is 0.271 e. The number of aromatic nitrogens is 6. The van der Waals surface area contributed by atoms with Gasteiger partial charge in [0.1, 0.15) is 11.5 Å². The van der Waals surface area contributed by atoms with Crippen LogP contribution in [0.4, 0.5) is 0 Å². The lowest BCUT2D eigenvalue weighted by Crippen LogP contribution is -2.40. The molecule has 0 radical (unpaired) electrons. The summed E-state index contributed by atoms with van der Waals surface area (Å²) in [6.45, 7) is 2.66. The van der Waals surface area contributed by atoms with Crippen molar-refractivity contribution in [2.45, 2.75) is 51.6 Å². The SMILES string of the molecule is CCCCc1nc(C(=O)N[C@@H](CC(=O)NO)Cc2ccccc2Br)cn1Cc1ccc(-c2ccccc2-c2nn[nH]n2)cc1. The molecule has 44 heavy (non-hydrogen) atoms. The summed E-state index contributed by atoms with van der Waals surface area (Å²) >= 11 is 3.53. The van der Waals surface area contributed by atoms with Crippen LogP contribution in [-0.4, -0.2) is 53.2 Å². The average Bonchev–Trinajstić information content (AvgIpc) is 3.72. The van der Waals surface area contributed by atoms with E-state index in [2.05, 4.69) is 73.1 Å². The van der Waals surface area contributed by atoms with Gasteiger partial charge in [0, 0.05) is 41.7 Å². The molecule has 0 fully saturated rings. The molecule has 0 unspecified atom stereocenters. The lowest BCUT2D eigenvalue weighted by Gasteiger charge is -2.18. The fourth-order valence-corrected chi connectivity index (χ4v) is 5.51. The second-order valence-corrected chi connectivity index (χ2v) is 11.3. The van der Waals surface area contributed by atoms with Gasteiger partial charge in [0.05, 0.1) is 0 Å². The first kappa shape index (κ1) is 30.8. The number of hydrogen-bond acceptors (Lipinski definition) is 7. The number of unbranched alkanes of at least 4 members (excludes halogenated alkanes) is 1. The number of amides is 2. The zero-order valence-corrected chi connectivity index (χ0v) is 25.8. The summed E-state index contributed by atoms with van der Waals surface area (Å²) in [6, 6.07) is 23.2. The number of aromatic amines is 1. The van der Waals surface area contributed by atoms with Gasteiger partial charge in [0.15, 0.2) is 0 Å². The summed E-state index contributed by atoms with van der Waals surface area (Å²) in [6.07, 6.45) is 4.73. The second-order valence-electron chi connectivity index (χ2n) is 10.5. The van der Waals surface area contributed by atoms with Gasteiger partial charge in [0.2, 0.25) is 11.7 Å². The van der Waals surface area contributed by atoms with Crippen molar-refractivity contribution in [3.63, 3.8) is 0 Å². The zero-order chi connectivity index (χ0) is 30.9. The lowest BCUT2D eigenvalue weighted by molar-refractivity contribution is -0.129. The predicted octanol–water partition coefficient (Wildman–Crippen LogP) is 5.12. The quantitative estimate of drug-likeness (QED) is 0.101. The minimum Gasteiger partial charge on any atom is -0.347 e. The minimum atomic E-state index is -0.583. The van der Waals surface area contributed by atoms with E-state index in [-0.39, 0.29) is 18.0 Å². The Labute approximate surface area is 263 Å². The number of hydrogen-bond donors (Lipinski definition) is 4. The molecule has 0 bridgehead atoms. The number of tetrazole rings is 1. The number of imidazole rings is 1. The molecule has 12 heteroatoms. The Morgan fingerprint density at radius 2 is 1.77 bits per heavy atom. The third-order valence-electron chi connectivity index (χ3n) is 7.29. The van der Waals surface area contributed by atoms with Gasteiger partial charge in [-0.15, -0.1) is 10.2 Å². The van der Waals surface area contributed by atoms with Crippen molar-refractivity contribution >= 4 is 27.7 Å². The third kappa shape index (κ3) is 7.63. The standard InChI is InChI=1S/C32H33BrN8O3/c1-2-3-12-29-35-28(32(43)34-24(18-30(42)38-44)17-23-8-4-7-11-27(23)33)20-41(29)19-21-13-15-22(16-14-21)25-9-5-6-10-26(25)31-36-39-40-37-31/h4-11,13-16,20,24,44H,2-3,12,17-19H2,1H3,(H,34,43)(H,38,42)(H,36,37,39,40)/t24-/m1/s1. The van der Waals surface area contributed by atoms with Crippen LogP contribution in [0.2, 0.25) is 0 Å². The highest BCUT2D eigenvalue weighted by Crippen LogP contribution is 2.30. The number of hydroxylamine groups is 1. The number of benzene rings is 3. The Hall–Kier alpha value is -4.68. The van der Waals surface area contributed by atoms with Crippen LogP contribution in [0.5, 0.6) is 0 Å². The van der Waals surface area contributed by atoms with E-state index in [0.29, 0.717) is 18.8 Å². The first-order chi connectivity index (χ1) is 21.4. The molecule has 11 nitrogen and oxygen atoms in total. The summed E-state index contributed by atoms with van der Waals surface area (Å²) in [5.74, 6) is 0.390. The Kier molecular flexibility index (Phi) is 10.3. The van der Waals surface area contributed by atoms with Gasteiger partial charge in [-0.3, -0.25) is 14.8 Å². The summed E-state index contributed by atoms with van der Waals surface area (Å²) in [5, 5.41) is 26.5. The number of aryl methyl sites for hydroxylation is 1. The number of H-pyrrole nitrogens is 1. The molecule has 0 aliphatic heterocycles. The van der Waals surface area contributed by atoms with Crippen molar-refractivity contribution in [3.8, 4) is 22.5 Å². The van der Waals surface area contributed by atoms with E-state index in [4.69, 9.17) is 10.2 Å². The molecule has 5 rings (SSSR count). The van der Waals surface area contributed by atoms with Crippen molar-refractivity contribution in [1.29, 1.82) is 0 Å². The number of nitrogens with one attached hydrogen (secondary N) is 3. The minimum absolute atomic E-state index is 0.0881. The van der Waals surface area contributed by atoms with Crippen LogP contribution < -0.4 is 10.8 Å². The van der Waals surface area contributed by atoms with E-state index in [1.807, 2.05) is 53.1 Å². The van der Waals surface area contributed by atoms with E-state index in [9.17, 15) is 9.59 Å². The summed E-state index contributed by atoms with van der Waals surface area (Å²) < 4.78 is 2.88. The van der Waals surface area contributed by atoms with E-state index in [1.165, 1.54) is 0 Å². The van der Waals surface area contributed by atoms with Crippen molar-refractivity contribution in [2.24, 2.45) is 0 Å².